The van der Waals surface area contributed by atoms with Crippen LogP contribution in [0.5, 0.6) is 0 Å². The lowest BCUT2D eigenvalue weighted by atomic mass is 9.96. The number of nitriles is 1. The number of hydrogen-bond acceptors (Lipinski definition) is 3. The second-order valence-corrected chi connectivity index (χ2v) is 4.78. The molecule has 0 spiro atoms. The van der Waals surface area contributed by atoms with Gasteiger partial charge >= 0.3 is 5.97 Å². The molecule has 2 N–H and O–H groups in total. The zero-order valence-electron chi connectivity index (χ0n) is 10.3. The normalized spacial score (nSPS) is 11.9. The number of anilines is 1. The summed E-state index contributed by atoms with van der Waals surface area (Å²) in [6.07, 6.45) is 0. The van der Waals surface area contributed by atoms with E-state index in [9.17, 15) is 4.79 Å². The second kappa shape index (κ2) is 6.27. The Balaban J connectivity index is 2.72. The van der Waals surface area contributed by atoms with Gasteiger partial charge in [0.05, 0.1) is 16.5 Å². The quantitative estimate of drug-likeness (QED) is 0.859. The minimum absolute atomic E-state index is 0.0452. The molecule has 0 saturated carbocycles. The van der Waals surface area contributed by atoms with Crippen LogP contribution in [0.15, 0.2) is 18.2 Å². The van der Waals surface area contributed by atoms with Crippen molar-refractivity contribution in [2.45, 2.75) is 13.8 Å². The van der Waals surface area contributed by atoms with E-state index in [-0.39, 0.29) is 5.92 Å². The molecule has 0 aromatic heterocycles. The lowest BCUT2D eigenvalue weighted by Crippen LogP contribution is -2.27. The van der Waals surface area contributed by atoms with E-state index >= 15 is 0 Å². The maximum Gasteiger partial charge on any atom is 0.308 e. The molecule has 5 heteroatoms. The van der Waals surface area contributed by atoms with Crippen molar-refractivity contribution in [1.82, 2.24) is 0 Å². The van der Waals surface area contributed by atoms with Crippen molar-refractivity contribution in [2.75, 3.05) is 11.9 Å². The Morgan fingerprint density at radius 1 is 1.56 bits per heavy atom. The molecule has 4 nitrogen and oxygen atoms in total. The maximum absolute atomic E-state index is 11.0. The van der Waals surface area contributed by atoms with E-state index in [1.807, 2.05) is 19.9 Å². The number of hydrogen-bond donors (Lipinski definition) is 2. The molecular formula is C13H15ClN2O2. The maximum atomic E-state index is 11.0. The minimum Gasteiger partial charge on any atom is -0.481 e. The molecule has 0 aliphatic rings. The second-order valence-electron chi connectivity index (χ2n) is 4.38. The fourth-order valence-electron chi connectivity index (χ4n) is 1.55. The predicted molar refractivity (Wildman–Crippen MR) is 70.6 cm³/mol. The highest BCUT2D eigenvalue weighted by Crippen LogP contribution is 2.21. The van der Waals surface area contributed by atoms with Crippen LogP contribution in [-0.4, -0.2) is 17.6 Å². The molecule has 0 fully saturated rings. The van der Waals surface area contributed by atoms with Crippen molar-refractivity contribution < 1.29 is 9.90 Å². The van der Waals surface area contributed by atoms with Gasteiger partial charge in [0.2, 0.25) is 0 Å². The minimum atomic E-state index is -0.822. The number of carboxylic acid groups (broad SMARTS) is 1. The number of carboxylic acids is 1. The molecule has 0 aliphatic carbocycles. The fraction of sp³-hybridized carbons (Fsp3) is 0.385. The van der Waals surface area contributed by atoms with Crippen LogP contribution in [0, 0.1) is 23.2 Å². The fourth-order valence-corrected chi connectivity index (χ4v) is 1.77. The zero-order valence-corrected chi connectivity index (χ0v) is 11.0. The third-order valence-corrected chi connectivity index (χ3v) is 3.05. The lowest BCUT2D eigenvalue weighted by Gasteiger charge is -2.17. The summed E-state index contributed by atoms with van der Waals surface area (Å²) in [5, 5.41) is 21.2. The predicted octanol–water partition coefficient (Wildman–Crippen LogP) is 2.98. The van der Waals surface area contributed by atoms with Gasteiger partial charge in [-0.05, 0) is 24.1 Å². The number of nitrogens with zero attached hydrogens (tertiary/aromatic N) is 1. The highest BCUT2D eigenvalue weighted by molar-refractivity contribution is 6.32. The molecule has 18 heavy (non-hydrogen) atoms. The number of carbonyl (C=O) groups is 1. The van der Waals surface area contributed by atoms with Crippen molar-refractivity contribution in [3.63, 3.8) is 0 Å². The highest BCUT2D eigenvalue weighted by atomic mass is 35.5. The van der Waals surface area contributed by atoms with Crippen molar-refractivity contribution in [2.24, 2.45) is 11.8 Å². The van der Waals surface area contributed by atoms with Crippen LogP contribution in [0.3, 0.4) is 0 Å². The Morgan fingerprint density at radius 3 is 2.67 bits per heavy atom. The highest BCUT2D eigenvalue weighted by Gasteiger charge is 2.20. The van der Waals surface area contributed by atoms with Crippen LogP contribution in [0.2, 0.25) is 5.02 Å². The van der Waals surface area contributed by atoms with E-state index in [1.54, 1.807) is 18.2 Å². The van der Waals surface area contributed by atoms with E-state index in [4.69, 9.17) is 22.0 Å². The largest absolute Gasteiger partial charge is 0.481 e. The molecule has 0 aliphatic heterocycles. The molecule has 1 unspecified atom stereocenters. The van der Waals surface area contributed by atoms with Gasteiger partial charge in [-0.25, -0.2) is 0 Å². The summed E-state index contributed by atoms with van der Waals surface area (Å²) in [5.41, 5.74) is 1.12. The summed E-state index contributed by atoms with van der Waals surface area (Å²) < 4.78 is 0. The third-order valence-electron chi connectivity index (χ3n) is 2.74. The molecular weight excluding hydrogens is 252 g/mol. The average molecular weight is 267 g/mol. The van der Waals surface area contributed by atoms with E-state index < -0.39 is 11.9 Å². The Labute approximate surface area is 111 Å². The van der Waals surface area contributed by atoms with Gasteiger partial charge < -0.3 is 10.4 Å². The first kappa shape index (κ1) is 14.3. The molecule has 96 valence electrons. The first-order valence-corrected chi connectivity index (χ1v) is 5.99. The van der Waals surface area contributed by atoms with Crippen LogP contribution >= 0.6 is 11.6 Å². The van der Waals surface area contributed by atoms with E-state index in [1.165, 1.54) is 0 Å². The summed E-state index contributed by atoms with van der Waals surface area (Å²) in [6, 6.07) is 6.91. The number of benzene rings is 1. The molecule has 1 rings (SSSR count). The van der Waals surface area contributed by atoms with Gasteiger partial charge in [-0.3, -0.25) is 4.79 Å². The molecule has 1 aromatic rings. The van der Waals surface area contributed by atoms with Crippen LogP contribution in [0.25, 0.3) is 0 Å². The Bertz CT molecular complexity index is 480. The van der Waals surface area contributed by atoms with E-state index in [0.717, 1.165) is 0 Å². The first-order chi connectivity index (χ1) is 8.45. The summed E-state index contributed by atoms with van der Waals surface area (Å²) in [5.74, 6) is -1.24. The third kappa shape index (κ3) is 3.64. The van der Waals surface area contributed by atoms with Gasteiger partial charge in [-0.1, -0.05) is 25.4 Å². The molecule has 0 radical (unpaired) electrons. The van der Waals surface area contributed by atoms with Gasteiger partial charge in [-0.2, -0.15) is 5.26 Å². The summed E-state index contributed by atoms with van der Waals surface area (Å²) in [4.78, 5) is 11.0. The SMILES string of the molecule is CC(C)C(CNc1ccc(C#N)c(Cl)c1)C(=O)O. The number of aliphatic carboxylic acids is 1. The Morgan fingerprint density at radius 2 is 2.22 bits per heavy atom. The van der Waals surface area contributed by atoms with Crippen LogP contribution in [0.4, 0.5) is 5.69 Å². The topological polar surface area (TPSA) is 73.1 Å². The van der Waals surface area contributed by atoms with Crippen LogP contribution < -0.4 is 5.32 Å². The van der Waals surface area contributed by atoms with Crippen molar-refractivity contribution in [1.29, 1.82) is 5.26 Å². The van der Waals surface area contributed by atoms with Crippen molar-refractivity contribution in [3.05, 3.63) is 28.8 Å². The molecule has 0 heterocycles. The average Bonchev–Trinajstić information content (AvgIpc) is 2.28. The van der Waals surface area contributed by atoms with Crippen LogP contribution in [-0.2, 0) is 4.79 Å². The molecule has 1 aromatic carbocycles. The summed E-state index contributed by atoms with van der Waals surface area (Å²) in [7, 11) is 0. The summed E-state index contributed by atoms with van der Waals surface area (Å²) >= 11 is 5.89. The van der Waals surface area contributed by atoms with Gasteiger partial charge in [0, 0.05) is 12.2 Å². The number of nitrogens with one attached hydrogen (secondary N) is 1. The molecule has 0 saturated heterocycles. The van der Waals surface area contributed by atoms with Crippen molar-refractivity contribution >= 4 is 23.3 Å². The number of halogens is 1. The number of rotatable bonds is 5. The van der Waals surface area contributed by atoms with E-state index in [0.29, 0.717) is 22.8 Å². The first-order valence-electron chi connectivity index (χ1n) is 5.62. The van der Waals surface area contributed by atoms with Gasteiger partial charge in [0.15, 0.2) is 0 Å². The van der Waals surface area contributed by atoms with Crippen molar-refractivity contribution in [3.8, 4) is 6.07 Å². The zero-order chi connectivity index (χ0) is 13.7. The smallest absolute Gasteiger partial charge is 0.308 e. The molecule has 0 amide bonds. The van der Waals surface area contributed by atoms with E-state index in [2.05, 4.69) is 5.32 Å². The molecule has 0 bridgehead atoms. The van der Waals surface area contributed by atoms with Gasteiger partial charge in [0.1, 0.15) is 6.07 Å². The Kier molecular flexibility index (Phi) is 4.99. The lowest BCUT2D eigenvalue weighted by molar-refractivity contribution is -0.142. The standard InChI is InChI=1S/C13H15ClN2O2/c1-8(2)11(13(17)18)7-16-10-4-3-9(6-15)12(14)5-10/h3-5,8,11,16H,7H2,1-2H3,(H,17,18). The van der Waals surface area contributed by atoms with Gasteiger partial charge in [0.25, 0.3) is 0 Å². The van der Waals surface area contributed by atoms with Crippen LogP contribution in [0.1, 0.15) is 19.4 Å². The monoisotopic (exact) mass is 266 g/mol. The van der Waals surface area contributed by atoms with Gasteiger partial charge in [-0.15, -0.1) is 0 Å². The molecule has 1 atom stereocenters. The summed E-state index contributed by atoms with van der Waals surface area (Å²) in [6.45, 7) is 4.06. The Hall–Kier alpha value is -1.73.